The van der Waals surface area contributed by atoms with Gasteiger partial charge in [-0.3, -0.25) is 4.79 Å². The highest BCUT2D eigenvalue weighted by Gasteiger charge is 2.50. The number of nitrogens with one attached hydrogen (secondary N) is 1. The summed E-state index contributed by atoms with van der Waals surface area (Å²) in [5.41, 5.74) is 2.49. The molecule has 2 aromatic rings. The molecule has 7 heteroatoms. The Morgan fingerprint density at radius 1 is 1.16 bits per heavy atom. The van der Waals surface area contributed by atoms with Crippen molar-refractivity contribution in [2.24, 2.45) is 5.41 Å². The zero-order valence-electron chi connectivity index (χ0n) is 22.7. The zero-order chi connectivity index (χ0) is 27.9. The Morgan fingerprint density at radius 3 is 2.42 bits per heavy atom. The molecule has 1 heterocycles. The smallest absolute Gasteiger partial charge is 0.407 e. The summed E-state index contributed by atoms with van der Waals surface area (Å²) in [7, 11) is 1.59. The molecule has 1 saturated heterocycles. The van der Waals surface area contributed by atoms with Gasteiger partial charge in [0.05, 0.1) is 19.2 Å². The van der Waals surface area contributed by atoms with E-state index in [2.05, 4.69) is 18.5 Å². The zero-order valence-corrected chi connectivity index (χ0v) is 22.7. The SMILES string of the molecule is C=CCCOC(=O)N[C@H](C(=O)N1C[C@](OC)(c2ccc(-c3ccccc3C=C)cc2)C[C@H]1C=O)C(C)(C)C. The fraction of sp³-hybridized carbons (Fsp3) is 0.387. The maximum atomic E-state index is 13.8. The maximum Gasteiger partial charge on any atom is 0.407 e. The fourth-order valence-electron chi connectivity index (χ4n) is 4.84. The van der Waals surface area contributed by atoms with Crippen LogP contribution in [0.2, 0.25) is 0 Å². The van der Waals surface area contributed by atoms with Crippen LogP contribution < -0.4 is 5.32 Å². The molecule has 202 valence electrons. The quantitative estimate of drug-likeness (QED) is 0.260. The molecule has 3 atom stereocenters. The first-order chi connectivity index (χ1) is 18.1. The van der Waals surface area contributed by atoms with Crippen molar-refractivity contribution >= 4 is 24.4 Å². The Kier molecular flexibility index (Phi) is 9.28. The average Bonchev–Trinajstić information content (AvgIpc) is 3.31. The Labute approximate surface area is 225 Å². The molecule has 0 saturated carbocycles. The van der Waals surface area contributed by atoms with Gasteiger partial charge < -0.3 is 24.5 Å². The number of hydrogen-bond acceptors (Lipinski definition) is 5. The third-order valence-electron chi connectivity index (χ3n) is 7.03. The Balaban J connectivity index is 1.87. The van der Waals surface area contributed by atoms with Crippen LogP contribution in [0.3, 0.4) is 0 Å². The van der Waals surface area contributed by atoms with Crippen LogP contribution in [0, 0.1) is 5.41 Å². The van der Waals surface area contributed by atoms with Crippen molar-refractivity contribution in [2.75, 3.05) is 20.3 Å². The number of ether oxygens (including phenoxy) is 2. The minimum absolute atomic E-state index is 0.168. The lowest BCUT2D eigenvalue weighted by Crippen LogP contribution is -2.56. The second-order valence-electron chi connectivity index (χ2n) is 10.6. The van der Waals surface area contributed by atoms with Crippen LogP contribution in [0.5, 0.6) is 0 Å². The molecule has 1 fully saturated rings. The molecule has 2 amide bonds. The number of rotatable bonds is 10. The van der Waals surface area contributed by atoms with E-state index in [4.69, 9.17) is 9.47 Å². The molecule has 0 aliphatic carbocycles. The predicted octanol–water partition coefficient (Wildman–Crippen LogP) is 5.36. The number of likely N-dealkylation sites (tertiary alicyclic amines) is 1. The summed E-state index contributed by atoms with van der Waals surface area (Å²) in [5, 5.41) is 2.71. The van der Waals surface area contributed by atoms with E-state index in [-0.39, 0.29) is 19.1 Å². The molecule has 38 heavy (non-hydrogen) atoms. The number of carbonyl (C=O) groups is 3. The minimum Gasteiger partial charge on any atom is -0.449 e. The molecule has 0 bridgehead atoms. The number of hydrogen-bond donors (Lipinski definition) is 1. The average molecular weight is 519 g/mol. The van der Waals surface area contributed by atoms with Gasteiger partial charge >= 0.3 is 6.09 Å². The molecular weight excluding hydrogens is 480 g/mol. The number of methoxy groups -OCH3 is 1. The summed E-state index contributed by atoms with van der Waals surface area (Å²) in [6, 6.07) is 14.4. The number of aldehydes is 1. The van der Waals surface area contributed by atoms with E-state index in [1.165, 1.54) is 4.90 Å². The Hall–Kier alpha value is -3.71. The molecular formula is C31H38N2O5. The van der Waals surface area contributed by atoms with Crippen LogP contribution in [-0.2, 0) is 24.7 Å². The normalized spacial score (nSPS) is 19.9. The summed E-state index contributed by atoms with van der Waals surface area (Å²) in [5.74, 6) is -0.356. The minimum atomic E-state index is -0.897. The van der Waals surface area contributed by atoms with E-state index < -0.39 is 29.2 Å². The van der Waals surface area contributed by atoms with Crippen molar-refractivity contribution in [1.82, 2.24) is 10.2 Å². The number of alkyl carbamates (subject to hydrolysis) is 1. The van der Waals surface area contributed by atoms with Gasteiger partial charge in [-0.15, -0.1) is 6.58 Å². The van der Waals surface area contributed by atoms with E-state index in [9.17, 15) is 14.4 Å². The maximum absolute atomic E-state index is 13.8. The molecule has 1 aliphatic heterocycles. The summed E-state index contributed by atoms with van der Waals surface area (Å²) in [6.07, 6.45) is 4.37. The molecule has 3 rings (SSSR count). The number of carbonyl (C=O) groups excluding carboxylic acids is 3. The predicted molar refractivity (Wildman–Crippen MR) is 149 cm³/mol. The second-order valence-corrected chi connectivity index (χ2v) is 10.6. The lowest BCUT2D eigenvalue weighted by molar-refractivity contribution is -0.139. The van der Waals surface area contributed by atoms with E-state index in [0.29, 0.717) is 12.8 Å². The molecule has 1 aliphatic rings. The van der Waals surface area contributed by atoms with Crippen molar-refractivity contribution in [2.45, 2.75) is 51.3 Å². The van der Waals surface area contributed by atoms with E-state index >= 15 is 0 Å². The standard InChI is InChI=1S/C31H38N2O5/c1-7-9-18-38-29(36)32-27(30(3,4)5)28(35)33-21-31(37-6,19-25(33)20-34)24-16-14-23(15-17-24)26-13-11-10-12-22(26)8-2/h7-8,10-17,20,25,27H,1-2,9,18-19,21H2,3-6H3,(H,32,36)/t25-,27+,31-/m0/s1. The highest BCUT2D eigenvalue weighted by atomic mass is 16.5. The number of nitrogens with zero attached hydrogens (tertiary/aromatic N) is 1. The number of benzene rings is 2. The highest BCUT2D eigenvalue weighted by Crippen LogP contribution is 2.40. The van der Waals surface area contributed by atoms with Crippen molar-refractivity contribution in [3.63, 3.8) is 0 Å². The highest BCUT2D eigenvalue weighted by molar-refractivity contribution is 5.89. The van der Waals surface area contributed by atoms with E-state index in [0.717, 1.165) is 28.5 Å². The van der Waals surface area contributed by atoms with Crippen LogP contribution in [-0.4, -0.2) is 55.5 Å². The van der Waals surface area contributed by atoms with Gasteiger partial charge in [-0.05, 0) is 34.1 Å². The molecule has 0 unspecified atom stereocenters. The van der Waals surface area contributed by atoms with Crippen LogP contribution in [0.4, 0.5) is 4.79 Å². The van der Waals surface area contributed by atoms with Crippen molar-refractivity contribution in [3.8, 4) is 11.1 Å². The largest absolute Gasteiger partial charge is 0.449 e. The van der Waals surface area contributed by atoms with E-state index in [1.54, 1.807) is 13.2 Å². The monoisotopic (exact) mass is 518 g/mol. The molecule has 2 aromatic carbocycles. The fourth-order valence-corrected chi connectivity index (χ4v) is 4.84. The molecule has 0 radical (unpaired) electrons. The number of amides is 2. The molecule has 0 aromatic heterocycles. The molecule has 1 N–H and O–H groups in total. The molecule has 0 spiro atoms. The molecule has 7 nitrogen and oxygen atoms in total. The van der Waals surface area contributed by atoms with Crippen LogP contribution in [0.15, 0.2) is 67.8 Å². The van der Waals surface area contributed by atoms with Gasteiger partial charge in [-0.1, -0.05) is 88.0 Å². The van der Waals surface area contributed by atoms with Gasteiger partial charge in [0.25, 0.3) is 0 Å². The summed E-state index contributed by atoms with van der Waals surface area (Å²) >= 11 is 0. The first kappa shape index (κ1) is 28.9. The van der Waals surface area contributed by atoms with Gasteiger partial charge in [-0.25, -0.2) is 4.79 Å². The van der Waals surface area contributed by atoms with Gasteiger partial charge in [0, 0.05) is 13.5 Å². The lowest BCUT2D eigenvalue weighted by Gasteiger charge is -2.35. The third kappa shape index (κ3) is 6.22. The third-order valence-corrected chi connectivity index (χ3v) is 7.03. The van der Waals surface area contributed by atoms with Gasteiger partial charge in [0.2, 0.25) is 5.91 Å². The summed E-state index contributed by atoms with van der Waals surface area (Å²) < 4.78 is 11.2. The first-order valence-electron chi connectivity index (χ1n) is 12.8. The van der Waals surface area contributed by atoms with Crippen LogP contribution in [0.25, 0.3) is 17.2 Å². The van der Waals surface area contributed by atoms with E-state index in [1.807, 2.05) is 75.4 Å². The Morgan fingerprint density at radius 2 is 1.84 bits per heavy atom. The summed E-state index contributed by atoms with van der Waals surface area (Å²) in [4.78, 5) is 39.9. The second kappa shape index (κ2) is 12.2. The van der Waals surface area contributed by atoms with Gasteiger partial charge in [-0.2, -0.15) is 0 Å². The summed E-state index contributed by atoms with van der Waals surface area (Å²) in [6.45, 7) is 13.4. The van der Waals surface area contributed by atoms with Crippen molar-refractivity contribution < 1.29 is 23.9 Å². The topological polar surface area (TPSA) is 84.9 Å². The Bertz CT molecular complexity index is 1170. The van der Waals surface area contributed by atoms with Crippen LogP contribution in [0.1, 0.15) is 44.7 Å². The van der Waals surface area contributed by atoms with Gasteiger partial charge in [0.1, 0.15) is 17.9 Å². The van der Waals surface area contributed by atoms with Crippen molar-refractivity contribution in [1.29, 1.82) is 0 Å². The van der Waals surface area contributed by atoms with Crippen LogP contribution >= 0.6 is 0 Å². The lowest BCUT2D eigenvalue weighted by atomic mass is 9.85. The van der Waals surface area contributed by atoms with Crippen molar-refractivity contribution in [3.05, 3.63) is 78.9 Å². The first-order valence-corrected chi connectivity index (χ1v) is 12.8. The van der Waals surface area contributed by atoms with Gasteiger partial charge in [0.15, 0.2) is 0 Å².